The summed E-state index contributed by atoms with van der Waals surface area (Å²) in [6, 6.07) is 8.12. The highest BCUT2D eigenvalue weighted by atomic mass is 79.9. The van der Waals surface area contributed by atoms with Crippen molar-refractivity contribution in [3.05, 3.63) is 28.7 Å². The Morgan fingerprint density at radius 3 is 3.19 bits per heavy atom. The molecule has 1 atom stereocenters. The standard InChI is InChI=1S/C12H16BrNO2/c13-10-2-1-3-11(8-10)14-5-7-16-12-4-6-15-9-12/h1-3,8,12,14H,4-7,9H2. The van der Waals surface area contributed by atoms with Crippen LogP contribution < -0.4 is 5.32 Å². The molecule has 0 radical (unpaired) electrons. The average molecular weight is 286 g/mol. The van der Waals surface area contributed by atoms with Gasteiger partial charge in [0.15, 0.2) is 0 Å². The second-order valence-corrected chi connectivity index (χ2v) is 4.71. The maximum Gasteiger partial charge on any atom is 0.0831 e. The Morgan fingerprint density at radius 2 is 2.44 bits per heavy atom. The fourth-order valence-corrected chi connectivity index (χ4v) is 2.06. The minimum absolute atomic E-state index is 0.296. The Hall–Kier alpha value is -0.580. The Kier molecular flexibility index (Phi) is 4.63. The van der Waals surface area contributed by atoms with E-state index in [9.17, 15) is 0 Å². The first-order chi connectivity index (χ1) is 7.84. The lowest BCUT2D eigenvalue weighted by Crippen LogP contribution is -2.18. The van der Waals surface area contributed by atoms with E-state index in [0.29, 0.717) is 6.10 Å². The molecule has 0 amide bonds. The van der Waals surface area contributed by atoms with Gasteiger partial charge in [-0.25, -0.2) is 0 Å². The van der Waals surface area contributed by atoms with Crippen molar-refractivity contribution in [2.75, 3.05) is 31.7 Å². The van der Waals surface area contributed by atoms with Crippen molar-refractivity contribution < 1.29 is 9.47 Å². The fourth-order valence-electron chi connectivity index (χ4n) is 1.66. The van der Waals surface area contributed by atoms with Crippen LogP contribution in [0.15, 0.2) is 28.7 Å². The van der Waals surface area contributed by atoms with Crippen LogP contribution in [0.3, 0.4) is 0 Å². The normalized spacial score (nSPS) is 19.9. The molecule has 0 spiro atoms. The number of hydrogen-bond acceptors (Lipinski definition) is 3. The van der Waals surface area contributed by atoms with Gasteiger partial charge in [0.2, 0.25) is 0 Å². The lowest BCUT2D eigenvalue weighted by molar-refractivity contribution is 0.0489. The van der Waals surface area contributed by atoms with Gasteiger partial charge in [0.25, 0.3) is 0 Å². The van der Waals surface area contributed by atoms with Gasteiger partial charge in [0, 0.05) is 23.3 Å². The summed E-state index contributed by atoms with van der Waals surface area (Å²) in [5, 5.41) is 3.31. The zero-order valence-electron chi connectivity index (χ0n) is 9.12. The predicted molar refractivity (Wildman–Crippen MR) is 67.8 cm³/mol. The molecule has 1 aromatic rings. The summed E-state index contributed by atoms with van der Waals surface area (Å²) in [5.41, 5.74) is 1.11. The van der Waals surface area contributed by atoms with Crippen LogP contribution in [-0.4, -0.2) is 32.5 Å². The summed E-state index contributed by atoms with van der Waals surface area (Å²) in [4.78, 5) is 0. The molecule has 0 bridgehead atoms. The molecule has 0 aliphatic carbocycles. The van der Waals surface area contributed by atoms with E-state index >= 15 is 0 Å². The molecular weight excluding hydrogens is 270 g/mol. The van der Waals surface area contributed by atoms with Crippen molar-refractivity contribution in [3.8, 4) is 0 Å². The lowest BCUT2D eigenvalue weighted by atomic mass is 10.3. The summed E-state index contributed by atoms with van der Waals surface area (Å²) in [5.74, 6) is 0. The number of halogens is 1. The number of nitrogens with one attached hydrogen (secondary N) is 1. The third-order valence-corrected chi connectivity index (χ3v) is 2.99. The number of anilines is 1. The molecule has 2 rings (SSSR count). The van der Waals surface area contributed by atoms with E-state index in [0.717, 1.165) is 42.9 Å². The van der Waals surface area contributed by atoms with Crippen molar-refractivity contribution in [3.63, 3.8) is 0 Å². The molecule has 3 nitrogen and oxygen atoms in total. The van der Waals surface area contributed by atoms with E-state index in [1.807, 2.05) is 18.2 Å². The molecule has 88 valence electrons. The van der Waals surface area contributed by atoms with Crippen molar-refractivity contribution in [2.24, 2.45) is 0 Å². The van der Waals surface area contributed by atoms with E-state index in [4.69, 9.17) is 9.47 Å². The van der Waals surface area contributed by atoms with Gasteiger partial charge in [0.05, 0.1) is 19.3 Å². The molecule has 0 aromatic heterocycles. The van der Waals surface area contributed by atoms with E-state index in [2.05, 4.69) is 27.3 Å². The minimum atomic E-state index is 0.296. The Balaban J connectivity index is 1.64. The SMILES string of the molecule is Brc1cccc(NCCOC2CCOC2)c1. The number of rotatable bonds is 5. The van der Waals surface area contributed by atoms with Gasteiger partial charge in [-0.1, -0.05) is 22.0 Å². The second-order valence-electron chi connectivity index (χ2n) is 3.79. The van der Waals surface area contributed by atoms with E-state index in [-0.39, 0.29) is 0 Å². The smallest absolute Gasteiger partial charge is 0.0831 e. The zero-order chi connectivity index (χ0) is 11.2. The van der Waals surface area contributed by atoms with Gasteiger partial charge in [-0.3, -0.25) is 0 Å². The van der Waals surface area contributed by atoms with Gasteiger partial charge in [0.1, 0.15) is 0 Å². The van der Waals surface area contributed by atoms with Crippen LogP contribution in [-0.2, 0) is 9.47 Å². The third-order valence-electron chi connectivity index (χ3n) is 2.50. The molecule has 1 aliphatic heterocycles. The molecule has 1 fully saturated rings. The van der Waals surface area contributed by atoms with Crippen LogP contribution in [0.25, 0.3) is 0 Å². The van der Waals surface area contributed by atoms with Crippen LogP contribution in [0.5, 0.6) is 0 Å². The first-order valence-electron chi connectivity index (χ1n) is 5.53. The molecule has 1 heterocycles. The monoisotopic (exact) mass is 285 g/mol. The van der Waals surface area contributed by atoms with E-state index in [1.54, 1.807) is 0 Å². The van der Waals surface area contributed by atoms with Gasteiger partial charge in [-0.2, -0.15) is 0 Å². The average Bonchev–Trinajstić information content (AvgIpc) is 2.77. The number of benzene rings is 1. The summed E-state index contributed by atoms with van der Waals surface area (Å²) < 4.78 is 12.0. The van der Waals surface area contributed by atoms with Crippen LogP contribution in [0, 0.1) is 0 Å². The molecular formula is C12H16BrNO2. The van der Waals surface area contributed by atoms with E-state index in [1.165, 1.54) is 0 Å². The summed E-state index contributed by atoms with van der Waals surface area (Å²) >= 11 is 3.44. The minimum Gasteiger partial charge on any atom is -0.383 e. The van der Waals surface area contributed by atoms with Gasteiger partial charge in [-0.05, 0) is 24.6 Å². The molecule has 1 aromatic carbocycles. The van der Waals surface area contributed by atoms with Gasteiger partial charge >= 0.3 is 0 Å². The molecule has 1 saturated heterocycles. The Bertz CT molecular complexity index is 327. The highest BCUT2D eigenvalue weighted by molar-refractivity contribution is 9.10. The second kappa shape index (κ2) is 6.23. The molecule has 16 heavy (non-hydrogen) atoms. The highest BCUT2D eigenvalue weighted by Crippen LogP contribution is 2.15. The molecule has 4 heteroatoms. The van der Waals surface area contributed by atoms with Crippen LogP contribution in [0.1, 0.15) is 6.42 Å². The summed E-state index contributed by atoms with van der Waals surface area (Å²) in [6.07, 6.45) is 1.32. The summed E-state index contributed by atoms with van der Waals surface area (Å²) in [7, 11) is 0. The van der Waals surface area contributed by atoms with Gasteiger partial charge < -0.3 is 14.8 Å². The first-order valence-corrected chi connectivity index (χ1v) is 6.33. The van der Waals surface area contributed by atoms with Crippen molar-refractivity contribution in [1.82, 2.24) is 0 Å². The van der Waals surface area contributed by atoms with Crippen molar-refractivity contribution in [1.29, 1.82) is 0 Å². The number of hydrogen-bond donors (Lipinski definition) is 1. The molecule has 1 N–H and O–H groups in total. The maximum atomic E-state index is 5.66. The maximum absolute atomic E-state index is 5.66. The predicted octanol–water partition coefficient (Wildman–Crippen LogP) is 2.67. The zero-order valence-corrected chi connectivity index (χ0v) is 10.7. The third kappa shape index (κ3) is 3.77. The van der Waals surface area contributed by atoms with E-state index < -0.39 is 0 Å². The van der Waals surface area contributed by atoms with Crippen LogP contribution in [0.2, 0.25) is 0 Å². The molecule has 1 unspecified atom stereocenters. The Morgan fingerprint density at radius 1 is 1.50 bits per heavy atom. The summed E-state index contributed by atoms with van der Waals surface area (Å²) in [6.45, 7) is 3.13. The highest BCUT2D eigenvalue weighted by Gasteiger charge is 2.15. The topological polar surface area (TPSA) is 30.5 Å². The van der Waals surface area contributed by atoms with Crippen molar-refractivity contribution in [2.45, 2.75) is 12.5 Å². The van der Waals surface area contributed by atoms with Gasteiger partial charge in [-0.15, -0.1) is 0 Å². The number of ether oxygens (including phenoxy) is 2. The first kappa shape index (κ1) is 11.9. The quantitative estimate of drug-likeness (QED) is 0.844. The fraction of sp³-hybridized carbons (Fsp3) is 0.500. The molecule has 0 saturated carbocycles. The van der Waals surface area contributed by atoms with Crippen LogP contribution >= 0.6 is 15.9 Å². The Labute approximate surface area is 104 Å². The lowest BCUT2D eigenvalue weighted by Gasteiger charge is -2.11. The van der Waals surface area contributed by atoms with Crippen LogP contribution in [0.4, 0.5) is 5.69 Å². The van der Waals surface area contributed by atoms with Crippen molar-refractivity contribution >= 4 is 21.6 Å². The largest absolute Gasteiger partial charge is 0.383 e. The molecule has 1 aliphatic rings.